The number of benzene rings is 1. The Morgan fingerprint density at radius 3 is 2.79 bits per heavy atom. The van der Waals surface area contributed by atoms with E-state index < -0.39 is 11.6 Å². The third-order valence-corrected chi connectivity index (χ3v) is 2.29. The topological polar surface area (TPSA) is 43.1 Å². The van der Waals surface area contributed by atoms with Gasteiger partial charge < -0.3 is 0 Å². The minimum Gasteiger partial charge on any atom is -0.258 e. The summed E-state index contributed by atoms with van der Waals surface area (Å²) < 4.78 is 12.3. The lowest BCUT2D eigenvalue weighted by Crippen LogP contribution is -1.97. The van der Waals surface area contributed by atoms with Crippen molar-refractivity contribution in [3.05, 3.63) is 38.9 Å². The van der Waals surface area contributed by atoms with Gasteiger partial charge in [-0.05, 0) is 11.6 Å². The molecule has 0 bridgehead atoms. The van der Waals surface area contributed by atoms with Crippen molar-refractivity contribution in [1.29, 1.82) is 0 Å². The molecule has 0 fully saturated rings. The van der Waals surface area contributed by atoms with Crippen LogP contribution in [0.25, 0.3) is 0 Å². The van der Waals surface area contributed by atoms with Crippen LogP contribution in [0.2, 0.25) is 5.02 Å². The van der Waals surface area contributed by atoms with Crippen molar-refractivity contribution in [3.8, 4) is 0 Å². The smallest absolute Gasteiger partial charge is 0.258 e. The normalized spacial score (nSPS) is 12.5. The number of halogens is 2. The van der Waals surface area contributed by atoms with Gasteiger partial charge >= 0.3 is 0 Å². The Morgan fingerprint density at radius 2 is 2.29 bits per heavy atom. The molecule has 14 heavy (non-hydrogen) atoms. The Balaban J connectivity index is 3.12. The number of hydrogen-bond acceptors (Lipinski definition) is 2. The molecule has 0 amide bonds. The second-order valence-electron chi connectivity index (χ2n) is 3.02. The molecule has 0 radical (unpaired) electrons. The molecule has 0 saturated carbocycles. The number of rotatable bonds is 3. The summed E-state index contributed by atoms with van der Waals surface area (Å²) in [7, 11) is 0. The van der Waals surface area contributed by atoms with E-state index in [2.05, 4.69) is 0 Å². The maximum atomic E-state index is 12.3. The Bertz CT molecular complexity index is 357. The number of hydrogen-bond donors (Lipinski definition) is 0. The zero-order valence-corrected chi connectivity index (χ0v) is 8.29. The third-order valence-electron chi connectivity index (χ3n) is 1.97. The van der Waals surface area contributed by atoms with Gasteiger partial charge in [-0.15, -0.1) is 0 Å². The van der Waals surface area contributed by atoms with E-state index in [0.29, 0.717) is 5.56 Å². The summed E-state index contributed by atoms with van der Waals surface area (Å²) in [5.74, 6) is -0.342. The Kier molecular flexibility index (Phi) is 3.41. The van der Waals surface area contributed by atoms with Crippen molar-refractivity contribution >= 4 is 17.3 Å². The summed E-state index contributed by atoms with van der Waals surface area (Å²) in [5.41, 5.74) is 0.410. The Labute approximate surface area is 85.6 Å². The molecule has 1 unspecified atom stereocenters. The minimum atomic E-state index is -0.573. The molecular formula is C9H9ClFNO2. The van der Waals surface area contributed by atoms with Crippen LogP contribution in [0.15, 0.2) is 18.2 Å². The maximum Gasteiger partial charge on any atom is 0.288 e. The van der Waals surface area contributed by atoms with Crippen LogP contribution < -0.4 is 0 Å². The SMILES string of the molecule is CC(CF)c1ccc(Cl)c([N+](=O)[O-])c1. The van der Waals surface area contributed by atoms with E-state index in [1.807, 2.05) is 0 Å². The molecule has 1 rings (SSSR count). The van der Waals surface area contributed by atoms with Crippen molar-refractivity contribution in [2.24, 2.45) is 0 Å². The molecule has 0 aliphatic heterocycles. The van der Waals surface area contributed by atoms with E-state index in [9.17, 15) is 14.5 Å². The first-order chi connectivity index (χ1) is 6.56. The van der Waals surface area contributed by atoms with Crippen LogP contribution in [-0.4, -0.2) is 11.6 Å². The van der Waals surface area contributed by atoms with E-state index in [0.717, 1.165) is 0 Å². The lowest BCUT2D eigenvalue weighted by atomic mass is 10.0. The highest BCUT2D eigenvalue weighted by Gasteiger charge is 2.15. The number of alkyl halides is 1. The van der Waals surface area contributed by atoms with Gasteiger partial charge in [-0.25, -0.2) is 0 Å². The molecule has 0 heterocycles. The molecule has 0 spiro atoms. The summed E-state index contributed by atoms with van der Waals surface area (Å²) in [6.45, 7) is 1.12. The predicted molar refractivity (Wildman–Crippen MR) is 52.5 cm³/mol. The van der Waals surface area contributed by atoms with Crippen molar-refractivity contribution in [3.63, 3.8) is 0 Å². The summed E-state index contributed by atoms with van der Waals surface area (Å²) in [6, 6.07) is 4.33. The first kappa shape index (κ1) is 10.9. The highest BCUT2D eigenvalue weighted by atomic mass is 35.5. The van der Waals surface area contributed by atoms with Crippen LogP contribution in [0.4, 0.5) is 10.1 Å². The molecule has 5 heteroatoms. The molecule has 0 saturated heterocycles. The van der Waals surface area contributed by atoms with Crippen molar-refractivity contribution in [1.82, 2.24) is 0 Å². The van der Waals surface area contributed by atoms with Gasteiger partial charge in [0.1, 0.15) is 5.02 Å². The second-order valence-corrected chi connectivity index (χ2v) is 3.43. The standard InChI is InChI=1S/C9H9ClFNO2/c1-6(5-11)7-2-3-8(10)9(4-7)12(13)14/h2-4,6H,5H2,1H3. The monoisotopic (exact) mass is 217 g/mol. The highest BCUT2D eigenvalue weighted by Crippen LogP contribution is 2.28. The fraction of sp³-hybridized carbons (Fsp3) is 0.333. The van der Waals surface area contributed by atoms with Gasteiger partial charge in [0.25, 0.3) is 5.69 Å². The molecule has 3 nitrogen and oxygen atoms in total. The summed E-state index contributed by atoms with van der Waals surface area (Å²) in [6.07, 6.45) is 0. The van der Waals surface area contributed by atoms with Crippen molar-refractivity contribution in [2.45, 2.75) is 12.8 Å². The van der Waals surface area contributed by atoms with Crippen LogP contribution in [0, 0.1) is 10.1 Å². The van der Waals surface area contributed by atoms with Crippen LogP contribution in [0.3, 0.4) is 0 Å². The van der Waals surface area contributed by atoms with Crippen LogP contribution in [0.1, 0.15) is 18.4 Å². The lowest BCUT2D eigenvalue weighted by Gasteiger charge is -2.06. The second kappa shape index (κ2) is 4.37. The first-order valence-electron chi connectivity index (χ1n) is 4.06. The third kappa shape index (κ3) is 2.20. The summed E-state index contributed by atoms with van der Waals surface area (Å²) >= 11 is 5.60. The van der Waals surface area contributed by atoms with Gasteiger partial charge in [0.05, 0.1) is 11.6 Å². The molecule has 1 atom stereocenters. The van der Waals surface area contributed by atoms with E-state index in [1.54, 1.807) is 13.0 Å². The van der Waals surface area contributed by atoms with Crippen LogP contribution in [0.5, 0.6) is 0 Å². The van der Waals surface area contributed by atoms with E-state index in [-0.39, 0.29) is 16.6 Å². The fourth-order valence-corrected chi connectivity index (χ4v) is 1.25. The van der Waals surface area contributed by atoms with Crippen molar-refractivity contribution < 1.29 is 9.31 Å². The van der Waals surface area contributed by atoms with Gasteiger partial charge in [-0.2, -0.15) is 0 Å². The molecule has 1 aromatic rings. The fourth-order valence-electron chi connectivity index (χ4n) is 1.07. The molecule has 0 aliphatic rings. The van der Waals surface area contributed by atoms with Crippen LogP contribution >= 0.6 is 11.6 Å². The predicted octanol–water partition coefficient (Wildman–Crippen LogP) is 3.32. The Hall–Kier alpha value is -1.16. The summed E-state index contributed by atoms with van der Waals surface area (Å²) in [5, 5.41) is 10.6. The van der Waals surface area contributed by atoms with E-state index in [1.165, 1.54) is 12.1 Å². The van der Waals surface area contributed by atoms with Gasteiger partial charge in [-0.3, -0.25) is 14.5 Å². The van der Waals surface area contributed by atoms with E-state index >= 15 is 0 Å². The molecule has 76 valence electrons. The van der Waals surface area contributed by atoms with Gasteiger partial charge in [-0.1, -0.05) is 24.6 Å². The molecule has 0 aliphatic carbocycles. The molecule has 1 aromatic carbocycles. The quantitative estimate of drug-likeness (QED) is 0.576. The van der Waals surface area contributed by atoms with Gasteiger partial charge in [0.15, 0.2) is 0 Å². The largest absolute Gasteiger partial charge is 0.288 e. The lowest BCUT2D eigenvalue weighted by molar-refractivity contribution is -0.384. The zero-order chi connectivity index (χ0) is 10.7. The Morgan fingerprint density at radius 1 is 1.64 bits per heavy atom. The molecule has 0 aromatic heterocycles. The van der Waals surface area contributed by atoms with Gasteiger partial charge in [0, 0.05) is 12.0 Å². The number of nitrogens with zero attached hydrogens (tertiary/aromatic N) is 1. The van der Waals surface area contributed by atoms with Crippen molar-refractivity contribution in [2.75, 3.05) is 6.67 Å². The maximum absolute atomic E-state index is 12.3. The first-order valence-corrected chi connectivity index (χ1v) is 4.44. The minimum absolute atomic E-state index is 0.0739. The number of nitro benzene ring substituents is 1. The molecular weight excluding hydrogens is 209 g/mol. The average Bonchev–Trinajstić information content (AvgIpc) is 2.17. The van der Waals surface area contributed by atoms with Gasteiger partial charge in [0.2, 0.25) is 0 Å². The summed E-state index contributed by atoms with van der Waals surface area (Å²) in [4.78, 5) is 9.94. The highest BCUT2D eigenvalue weighted by molar-refractivity contribution is 6.32. The average molecular weight is 218 g/mol. The molecule has 0 N–H and O–H groups in total. The number of nitro groups is 1. The van der Waals surface area contributed by atoms with Crippen LogP contribution in [-0.2, 0) is 0 Å². The van der Waals surface area contributed by atoms with E-state index in [4.69, 9.17) is 11.6 Å². The zero-order valence-electron chi connectivity index (χ0n) is 7.54.